The quantitative estimate of drug-likeness (QED) is 0.819. The summed E-state index contributed by atoms with van der Waals surface area (Å²) in [5, 5.41) is 12.5. The number of halogens is 1. The van der Waals surface area contributed by atoms with E-state index in [9.17, 15) is 9.59 Å². The Morgan fingerprint density at radius 2 is 1.65 bits per heavy atom. The zero-order valence-corrected chi connectivity index (χ0v) is 13.3. The Morgan fingerprint density at radius 1 is 1.00 bits per heavy atom. The number of carbonyl (C=O) groups excluding carboxylic acids is 1. The summed E-state index contributed by atoms with van der Waals surface area (Å²) in [5.41, 5.74) is 1.83. The lowest BCUT2D eigenvalue weighted by Crippen LogP contribution is -2.38. The zero-order valence-electron chi connectivity index (χ0n) is 12.5. The van der Waals surface area contributed by atoms with Crippen molar-refractivity contribution in [3.8, 4) is 0 Å². The molecule has 0 saturated carbocycles. The first-order chi connectivity index (χ1) is 11.0. The summed E-state index contributed by atoms with van der Waals surface area (Å²) in [6, 6.07) is 16.1. The minimum Gasteiger partial charge on any atom is -0.481 e. The SMILES string of the molecule is O=C(O)C[C@H](Cc1ccc(Cl)cc1)NC(=O)Cc1ccccc1. The van der Waals surface area contributed by atoms with Gasteiger partial charge in [-0.25, -0.2) is 0 Å². The van der Waals surface area contributed by atoms with E-state index in [1.165, 1.54) is 0 Å². The topological polar surface area (TPSA) is 66.4 Å². The van der Waals surface area contributed by atoms with E-state index in [4.69, 9.17) is 16.7 Å². The van der Waals surface area contributed by atoms with Gasteiger partial charge in [-0.05, 0) is 29.7 Å². The van der Waals surface area contributed by atoms with Gasteiger partial charge in [0.1, 0.15) is 0 Å². The van der Waals surface area contributed by atoms with Crippen LogP contribution < -0.4 is 5.32 Å². The summed E-state index contributed by atoms with van der Waals surface area (Å²) < 4.78 is 0. The van der Waals surface area contributed by atoms with Crippen molar-refractivity contribution in [2.24, 2.45) is 0 Å². The van der Waals surface area contributed by atoms with Crippen LogP contribution in [0, 0.1) is 0 Å². The van der Waals surface area contributed by atoms with Crippen molar-refractivity contribution in [1.29, 1.82) is 0 Å². The average molecular weight is 332 g/mol. The van der Waals surface area contributed by atoms with Crippen molar-refractivity contribution in [2.45, 2.75) is 25.3 Å². The summed E-state index contributed by atoms with van der Waals surface area (Å²) in [5.74, 6) is -1.12. The molecule has 0 unspecified atom stereocenters. The largest absolute Gasteiger partial charge is 0.481 e. The summed E-state index contributed by atoms with van der Waals surface area (Å²) in [7, 11) is 0. The van der Waals surface area contributed by atoms with Gasteiger partial charge >= 0.3 is 5.97 Å². The molecule has 2 aromatic carbocycles. The molecule has 0 bridgehead atoms. The van der Waals surface area contributed by atoms with E-state index in [-0.39, 0.29) is 18.7 Å². The fourth-order valence-electron chi connectivity index (χ4n) is 2.35. The number of hydrogen-bond acceptors (Lipinski definition) is 2. The number of amides is 1. The molecular weight excluding hydrogens is 314 g/mol. The molecule has 1 amide bonds. The molecule has 2 rings (SSSR count). The van der Waals surface area contributed by atoms with Gasteiger partial charge in [0.2, 0.25) is 5.91 Å². The predicted octanol–water partition coefficient (Wildman–Crippen LogP) is 3.08. The van der Waals surface area contributed by atoms with Crippen LogP contribution in [0.15, 0.2) is 54.6 Å². The van der Waals surface area contributed by atoms with E-state index in [2.05, 4.69) is 5.32 Å². The predicted molar refractivity (Wildman–Crippen MR) is 89.5 cm³/mol. The Hall–Kier alpha value is -2.33. The van der Waals surface area contributed by atoms with Crippen LogP contribution in [-0.4, -0.2) is 23.0 Å². The maximum Gasteiger partial charge on any atom is 0.305 e. The molecule has 0 fully saturated rings. The van der Waals surface area contributed by atoms with Gasteiger partial charge in [-0.1, -0.05) is 54.1 Å². The number of benzene rings is 2. The van der Waals surface area contributed by atoms with Crippen LogP contribution in [0.1, 0.15) is 17.5 Å². The average Bonchev–Trinajstić information content (AvgIpc) is 2.50. The smallest absolute Gasteiger partial charge is 0.305 e. The standard InChI is InChI=1S/C18H18ClNO3/c19-15-8-6-14(7-9-15)10-16(12-18(22)23)20-17(21)11-13-4-2-1-3-5-13/h1-9,16H,10-12H2,(H,20,21)(H,22,23)/t16-/m0/s1. The van der Waals surface area contributed by atoms with Crippen molar-refractivity contribution in [3.05, 3.63) is 70.7 Å². The highest BCUT2D eigenvalue weighted by Crippen LogP contribution is 2.12. The van der Waals surface area contributed by atoms with E-state index in [1.807, 2.05) is 42.5 Å². The third-order valence-electron chi connectivity index (χ3n) is 3.39. The third kappa shape index (κ3) is 6.12. The molecule has 0 radical (unpaired) electrons. The van der Waals surface area contributed by atoms with Gasteiger partial charge in [0.15, 0.2) is 0 Å². The lowest BCUT2D eigenvalue weighted by Gasteiger charge is -2.17. The van der Waals surface area contributed by atoms with Crippen LogP contribution in [0.25, 0.3) is 0 Å². The van der Waals surface area contributed by atoms with E-state index >= 15 is 0 Å². The van der Waals surface area contributed by atoms with Gasteiger partial charge in [-0.2, -0.15) is 0 Å². The Labute approximate surface area is 140 Å². The number of carboxylic acid groups (broad SMARTS) is 1. The molecule has 0 aromatic heterocycles. The third-order valence-corrected chi connectivity index (χ3v) is 3.64. The van der Waals surface area contributed by atoms with Crippen LogP contribution in [-0.2, 0) is 22.4 Å². The molecule has 2 aromatic rings. The van der Waals surface area contributed by atoms with Crippen molar-refractivity contribution in [1.82, 2.24) is 5.32 Å². The summed E-state index contributed by atoms with van der Waals surface area (Å²) >= 11 is 5.84. The molecule has 120 valence electrons. The summed E-state index contributed by atoms with van der Waals surface area (Å²) in [6.45, 7) is 0. The zero-order chi connectivity index (χ0) is 16.7. The number of nitrogens with one attached hydrogen (secondary N) is 1. The molecule has 0 aliphatic carbocycles. The van der Waals surface area contributed by atoms with Crippen molar-refractivity contribution >= 4 is 23.5 Å². The van der Waals surface area contributed by atoms with Gasteiger partial charge in [0.05, 0.1) is 12.8 Å². The van der Waals surface area contributed by atoms with Crippen LogP contribution >= 0.6 is 11.6 Å². The number of hydrogen-bond donors (Lipinski definition) is 2. The molecule has 5 heteroatoms. The number of carboxylic acids is 1. The maximum absolute atomic E-state index is 12.1. The van der Waals surface area contributed by atoms with Gasteiger partial charge < -0.3 is 10.4 Å². The van der Waals surface area contributed by atoms with Gasteiger partial charge in [0.25, 0.3) is 0 Å². The highest BCUT2D eigenvalue weighted by atomic mass is 35.5. The second-order valence-electron chi connectivity index (χ2n) is 5.36. The van der Waals surface area contributed by atoms with Gasteiger partial charge in [-0.15, -0.1) is 0 Å². The first-order valence-electron chi connectivity index (χ1n) is 7.32. The molecule has 1 atom stereocenters. The maximum atomic E-state index is 12.1. The summed E-state index contributed by atoms with van der Waals surface area (Å²) in [6.07, 6.45) is 0.560. The highest BCUT2D eigenvalue weighted by Gasteiger charge is 2.17. The Morgan fingerprint density at radius 3 is 2.26 bits per heavy atom. The molecule has 2 N–H and O–H groups in total. The fraction of sp³-hybridized carbons (Fsp3) is 0.222. The molecule has 0 saturated heterocycles. The lowest BCUT2D eigenvalue weighted by molar-refractivity contribution is -0.137. The second kappa shape index (κ2) is 8.34. The van der Waals surface area contributed by atoms with Crippen molar-refractivity contribution in [2.75, 3.05) is 0 Å². The van der Waals surface area contributed by atoms with Crippen LogP contribution in [0.2, 0.25) is 5.02 Å². The molecule has 0 heterocycles. The fourth-order valence-corrected chi connectivity index (χ4v) is 2.48. The molecular formula is C18H18ClNO3. The molecule has 4 nitrogen and oxygen atoms in total. The first-order valence-corrected chi connectivity index (χ1v) is 7.70. The molecule has 23 heavy (non-hydrogen) atoms. The second-order valence-corrected chi connectivity index (χ2v) is 5.79. The molecule has 0 spiro atoms. The number of aliphatic carboxylic acids is 1. The first kappa shape index (κ1) is 17.0. The van der Waals surface area contributed by atoms with Crippen molar-refractivity contribution < 1.29 is 14.7 Å². The Bertz CT molecular complexity index is 656. The van der Waals surface area contributed by atoms with Crippen LogP contribution in [0.4, 0.5) is 0 Å². The van der Waals surface area contributed by atoms with Gasteiger partial charge in [0, 0.05) is 11.1 Å². The van der Waals surface area contributed by atoms with E-state index in [1.54, 1.807) is 12.1 Å². The van der Waals surface area contributed by atoms with Gasteiger partial charge in [-0.3, -0.25) is 9.59 Å². The highest BCUT2D eigenvalue weighted by molar-refractivity contribution is 6.30. The van der Waals surface area contributed by atoms with Crippen LogP contribution in [0.3, 0.4) is 0 Å². The Kier molecular flexibility index (Phi) is 6.18. The Balaban J connectivity index is 1.98. The molecule has 0 aliphatic rings. The lowest BCUT2D eigenvalue weighted by atomic mass is 10.0. The summed E-state index contributed by atoms with van der Waals surface area (Å²) in [4.78, 5) is 23.1. The van der Waals surface area contributed by atoms with Crippen molar-refractivity contribution in [3.63, 3.8) is 0 Å². The van der Waals surface area contributed by atoms with E-state index < -0.39 is 12.0 Å². The van der Waals surface area contributed by atoms with E-state index in [0.29, 0.717) is 11.4 Å². The van der Waals surface area contributed by atoms with E-state index in [0.717, 1.165) is 11.1 Å². The normalized spacial score (nSPS) is 11.7. The molecule has 0 aliphatic heterocycles. The van der Waals surface area contributed by atoms with Crippen LogP contribution in [0.5, 0.6) is 0 Å². The monoisotopic (exact) mass is 331 g/mol. The number of carbonyl (C=O) groups is 2. The minimum atomic E-state index is -0.941. The number of rotatable bonds is 7. The minimum absolute atomic E-state index is 0.122.